The molecule has 0 aromatic heterocycles. The molecular weight excluding hydrogens is 156 g/mol. The van der Waals surface area contributed by atoms with E-state index in [2.05, 4.69) is 13.8 Å². The molecule has 0 aromatic rings. The molecule has 2 fully saturated rings. The third-order valence-electron chi connectivity index (χ3n) is 4.83. The summed E-state index contributed by atoms with van der Waals surface area (Å²) in [6, 6.07) is 0. The summed E-state index contributed by atoms with van der Waals surface area (Å²) in [7, 11) is 0. The summed E-state index contributed by atoms with van der Waals surface area (Å²) in [4.78, 5) is 0. The zero-order valence-corrected chi connectivity index (χ0v) is 9.36. The van der Waals surface area contributed by atoms with Crippen LogP contribution in [0.4, 0.5) is 0 Å². The fourth-order valence-electron chi connectivity index (χ4n) is 3.68. The van der Waals surface area contributed by atoms with E-state index in [1.54, 1.807) is 12.8 Å². The van der Waals surface area contributed by atoms with Crippen LogP contribution in [0.5, 0.6) is 0 Å². The average Bonchev–Trinajstić information content (AvgIpc) is 2.47. The van der Waals surface area contributed by atoms with E-state index < -0.39 is 0 Å². The van der Waals surface area contributed by atoms with Crippen LogP contribution in [-0.4, -0.2) is 0 Å². The largest absolute Gasteiger partial charge is 0.0649 e. The second-order valence-corrected chi connectivity index (χ2v) is 5.90. The van der Waals surface area contributed by atoms with Gasteiger partial charge in [0.1, 0.15) is 0 Å². The van der Waals surface area contributed by atoms with E-state index in [9.17, 15) is 0 Å². The van der Waals surface area contributed by atoms with Crippen molar-refractivity contribution >= 4 is 0 Å². The van der Waals surface area contributed by atoms with Crippen molar-refractivity contribution in [3.8, 4) is 0 Å². The Morgan fingerprint density at radius 2 is 1.62 bits per heavy atom. The molecule has 13 heavy (non-hydrogen) atoms. The molecule has 0 unspecified atom stereocenters. The molecule has 2 aliphatic carbocycles. The number of rotatable bonds is 1. The minimum Gasteiger partial charge on any atom is -0.0649 e. The Morgan fingerprint density at radius 3 is 2.15 bits per heavy atom. The van der Waals surface area contributed by atoms with Gasteiger partial charge in [0.2, 0.25) is 0 Å². The predicted octanol–water partition coefficient (Wildman–Crippen LogP) is 4.54. The molecule has 76 valence electrons. The molecule has 0 amide bonds. The monoisotopic (exact) mass is 180 g/mol. The molecule has 2 saturated carbocycles. The van der Waals surface area contributed by atoms with Gasteiger partial charge in [-0.15, -0.1) is 0 Å². The molecule has 0 heteroatoms. The van der Waals surface area contributed by atoms with Crippen LogP contribution in [0.3, 0.4) is 0 Å². The minimum absolute atomic E-state index is 0.706. The van der Waals surface area contributed by atoms with Crippen LogP contribution in [0.15, 0.2) is 0 Å². The molecule has 2 rings (SSSR count). The van der Waals surface area contributed by atoms with Gasteiger partial charge in [0, 0.05) is 0 Å². The van der Waals surface area contributed by atoms with Crippen molar-refractivity contribution in [1.82, 2.24) is 0 Å². The Kier molecular flexibility index (Phi) is 2.42. The van der Waals surface area contributed by atoms with E-state index in [1.807, 2.05) is 0 Å². The molecule has 1 atom stereocenters. The number of hydrogen-bond donors (Lipinski definition) is 0. The van der Waals surface area contributed by atoms with Gasteiger partial charge in [-0.3, -0.25) is 0 Å². The molecule has 0 aromatic carbocycles. The summed E-state index contributed by atoms with van der Waals surface area (Å²) in [5.41, 5.74) is 1.51. The Bertz CT molecular complexity index is 176. The van der Waals surface area contributed by atoms with Gasteiger partial charge in [-0.1, -0.05) is 39.5 Å². The standard InChI is InChI=1S/C13H24/c1-3-12(2)9-10-13(11-12)7-5-4-6-8-13/h3-11H2,1-2H3/t12-/m1/s1. The van der Waals surface area contributed by atoms with Gasteiger partial charge in [0.25, 0.3) is 0 Å². The maximum atomic E-state index is 2.51. The van der Waals surface area contributed by atoms with Crippen molar-refractivity contribution in [2.24, 2.45) is 10.8 Å². The lowest BCUT2D eigenvalue weighted by molar-refractivity contribution is 0.167. The van der Waals surface area contributed by atoms with Crippen molar-refractivity contribution in [2.45, 2.75) is 71.6 Å². The molecule has 1 spiro atoms. The van der Waals surface area contributed by atoms with Crippen molar-refractivity contribution in [3.05, 3.63) is 0 Å². The Hall–Kier alpha value is 0. The second-order valence-electron chi connectivity index (χ2n) is 5.90. The summed E-state index contributed by atoms with van der Waals surface area (Å²) in [5.74, 6) is 0. The molecule has 0 nitrogen and oxygen atoms in total. The molecule has 2 aliphatic rings. The van der Waals surface area contributed by atoms with Crippen LogP contribution in [0.25, 0.3) is 0 Å². The van der Waals surface area contributed by atoms with E-state index in [4.69, 9.17) is 0 Å². The van der Waals surface area contributed by atoms with Crippen LogP contribution < -0.4 is 0 Å². The summed E-state index contributed by atoms with van der Waals surface area (Å²) in [6.45, 7) is 4.89. The van der Waals surface area contributed by atoms with E-state index in [0.29, 0.717) is 5.41 Å². The Labute approximate surface area is 83.1 Å². The molecule has 0 N–H and O–H groups in total. The zero-order chi connectivity index (χ0) is 9.36. The Balaban J connectivity index is 2.02. The molecule has 0 saturated heterocycles. The highest BCUT2D eigenvalue weighted by Gasteiger charge is 2.44. The first kappa shape index (κ1) is 9.55. The summed E-state index contributed by atoms with van der Waals surface area (Å²) >= 11 is 0. The van der Waals surface area contributed by atoms with Gasteiger partial charge in [-0.2, -0.15) is 0 Å². The van der Waals surface area contributed by atoms with Gasteiger partial charge in [-0.05, 0) is 42.9 Å². The third-order valence-corrected chi connectivity index (χ3v) is 4.83. The smallest absolute Gasteiger partial charge is 0.0292 e. The van der Waals surface area contributed by atoms with Crippen LogP contribution in [-0.2, 0) is 0 Å². The summed E-state index contributed by atoms with van der Waals surface area (Å²) < 4.78 is 0. The van der Waals surface area contributed by atoms with E-state index in [0.717, 1.165) is 5.41 Å². The third kappa shape index (κ3) is 1.78. The van der Waals surface area contributed by atoms with Crippen molar-refractivity contribution in [1.29, 1.82) is 0 Å². The normalized spacial score (nSPS) is 38.3. The van der Waals surface area contributed by atoms with Gasteiger partial charge in [0.05, 0.1) is 0 Å². The lowest BCUT2D eigenvalue weighted by Crippen LogP contribution is -2.22. The maximum Gasteiger partial charge on any atom is -0.0292 e. The van der Waals surface area contributed by atoms with Crippen LogP contribution >= 0.6 is 0 Å². The van der Waals surface area contributed by atoms with E-state index in [-0.39, 0.29) is 0 Å². The minimum atomic E-state index is 0.706. The molecule has 0 heterocycles. The molecule has 0 radical (unpaired) electrons. The summed E-state index contributed by atoms with van der Waals surface area (Å²) in [5, 5.41) is 0. The first-order valence-electron chi connectivity index (χ1n) is 6.18. The van der Waals surface area contributed by atoms with Gasteiger partial charge < -0.3 is 0 Å². The second kappa shape index (κ2) is 3.29. The zero-order valence-electron chi connectivity index (χ0n) is 9.36. The summed E-state index contributed by atoms with van der Waals surface area (Å²) in [6.07, 6.45) is 13.6. The highest BCUT2D eigenvalue weighted by molar-refractivity contribution is 4.96. The van der Waals surface area contributed by atoms with Gasteiger partial charge in [0.15, 0.2) is 0 Å². The maximum absolute atomic E-state index is 2.51. The first-order chi connectivity index (χ1) is 6.18. The highest BCUT2D eigenvalue weighted by Crippen LogP contribution is 2.57. The molecule has 0 bridgehead atoms. The molecule has 0 aliphatic heterocycles. The van der Waals surface area contributed by atoms with Gasteiger partial charge in [-0.25, -0.2) is 0 Å². The molecular formula is C13H24. The van der Waals surface area contributed by atoms with E-state index >= 15 is 0 Å². The number of hydrogen-bond acceptors (Lipinski definition) is 0. The van der Waals surface area contributed by atoms with Crippen molar-refractivity contribution in [3.63, 3.8) is 0 Å². The fourth-order valence-corrected chi connectivity index (χ4v) is 3.68. The van der Waals surface area contributed by atoms with E-state index in [1.165, 1.54) is 44.9 Å². The average molecular weight is 180 g/mol. The van der Waals surface area contributed by atoms with Gasteiger partial charge >= 0.3 is 0 Å². The Morgan fingerprint density at radius 1 is 0.923 bits per heavy atom. The topological polar surface area (TPSA) is 0 Å². The predicted molar refractivity (Wildman–Crippen MR) is 57.8 cm³/mol. The van der Waals surface area contributed by atoms with Crippen LogP contribution in [0.1, 0.15) is 71.6 Å². The SMILES string of the molecule is CC[C@]1(C)CCC2(CCCCC2)C1. The van der Waals surface area contributed by atoms with Crippen LogP contribution in [0.2, 0.25) is 0 Å². The fraction of sp³-hybridized carbons (Fsp3) is 1.00. The lowest BCUT2D eigenvalue weighted by Gasteiger charge is -2.35. The first-order valence-corrected chi connectivity index (χ1v) is 6.18. The van der Waals surface area contributed by atoms with Crippen LogP contribution in [0, 0.1) is 10.8 Å². The van der Waals surface area contributed by atoms with Crippen molar-refractivity contribution in [2.75, 3.05) is 0 Å². The van der Waals surface area contributed by atoms with Crippen molar-refractivity contribution < 1.29 is 0 Å². The highest BCUT2D eigenvalue weighted by atomic mass is 14.5. The lowest BCUT2D eigenvalue weighted by atomic mass is 9.70. The quantitative estimate of drug-likeness (QED) is 0.556.